The molecular formula is C29H26F3N3O5S2. The molecule has 3 N–H and O–H groups in total. The molecule has 4 aromatic rings. The monoisotopic (exact) mass is 617 g/mol. The van der Waals surface area contributed by atoms with E-state index >= 15 is 0 Å². The van der Waals surface area contributed by atoms with E-state index in [0.717, 1.165) is 23.3 Å². The van der Waals surface area contributed by atoms with Crippen LogP contribution in [0.4, 0.5) is 30.2 Å². The van der Waals surface area contributed by atoms with Crippen LogP contribution in [-0.4, -0.2) is 22.7 Å². The van der Waals surface area contributed by atoms with Gasteiger partial charge in [0.25, 0.3) is 26.0 Å². The summed E-state index contributed by atoms with van der Waals surface area (Å²) in [6, 6.07) is 18.2. The number of carbonyl (C=O) groups excluding carboxylic acids is 1. The third-order valence-electron chi connectivity index (χ3n) is 6.23. The summed E-state index contributed by atoms with van der Waals surface area (Å²) in [6.45, 7) is 5.27. The molecule has 0 bridgehead atoms. The van der Waals surface area contributed by atoms with E-state index in [-0.39, 0.29) is 26.7 Å². The Hall–Kier alpha value is -4.36. The van der Waals surface area contributed by atoms with E-state index in [0.29, 0.717) is 17.3 Å². The molecule has 0 aliphatic carbocycles. The summed E-state index contributed by atoms with van der Waals surface area (Å²) in [5.41, 5.74) is 1.52. The van der Waals surface area contributed by atoms with Crippen LogP contribution in [0.25, 0.3) is 0 Å². The van der Waals surface area contributed by atoms with Crippen molar-refractivity contribution < 1.29 is 34.8 Å². The maximum atomic E-state index is 13.2. The molecule has 4 aromatic carbocycles. The van der Waals surface area contributed by atoms with E-state index in [1.807, 2.05) is 13.0 Å². The normalized spacial score (nSPS) is 12.0. The molecule has 0 radical (unpaired) electrons. The number of carbonyl (C=O) groups is 1. The Kier molecular flexibility index (Phi) is 8.37. The molecule has 42 heavy (non-hydrogen) atoms. The van der Waals surface area contributed by atoms with Gasteiger partial charge in [-0.2, -0.15) is 13.2 Å². The second-order valence-corrected chi connectivity index (χ2v) is 12.9. The minimum Gasteiger partial charge on any atom is -0.322 e. The van der Waals surface area contributed by atoms with Crippen LogP contribution in [0.15, 0.2) is 94.7 Å². The second kappa shape index (κ2) is 11.5. The summed E-state index contributed by atoms with van der Waals surface area (Å²) in [4.78, 5) is 12.6. The van der Waals surface area contributed by atoms with E-state index < -0.39 is 37.7 Å². The van der Waals surface area contributed by atoms with Crippen molar-refractivity contribution in [3.8, 4) is 0 Å². The van der Waals surface area contributed by atoms with E-state index in [4.69, 9.17) is 0 Å². The lowest BCUT2D eigenvalue weighted by Gasteiger charge is -2.14. The number of hydrogen-bond acceptors (Lipinski definition) is 5. The maximum absolute atomic E-state index is 13.2. The molecule has 220 valence electrons. The third-order valence-corrected chi connectivity index (χ3v) is 9.14. The molecule has 0 unspecified atom stereocenters. The minimum atomic E-state index is -4.64. The van der Waals surface area contributed by atoms with E-state index in [2.05, 4.69) is 14.8 Å². The highest BCUT2D eigenvalue weighted by Gasteiger charge is 2.30. The van der Waals surface area contributed by atoms with Crippen LogP contribution in [0.1, 0.15) is 32.6 Å². The van der Waals surface area contributed by atoms with Crippen LogP contribution in [-0.2, 0) is 26.2 Å². The van der Waals surface area contributed by atoms with E-state index in [9.17, 15) is 34.8 Å². The van der Waals surface area contributed by atoms with Crippen molar-refractivity contribution >= 4 is 43.0 Å². The molecular weight excluding hydrogens is 591 g/mol. The summed E-state index contributed by atoms with van der Waals surface area (Å²) >= 11 is 0. The van der Waals surface area contributed by atoms with Crippen molar-refractivity contribution in [3.63, 3.8) is 0 Å². The number of sulfonamides is 2. The van der Waals surface area contributed by atoms with Gasteiger partial charge < -0.3 is 5.32 Å². The Morgan fingerprint density at radius 3 is 2.02 bits per heavy atom. The molecule has 4 rings (SSSR count). The lowest BCUT2D eigenvalue weighted by Crippen LogP contribution is -2.18. The fourth-order valence-corrected chi connectivity index (χ4v) is 6.50. The van der Waals surface area contributed by atoms with Gasteiger partial charge in [0.05, 0.1) is 21.0 Å². The van der Waals surface area contributed by atoms with Crippen molar-refractivity contribution in [3.05, 3.63) is 113 Å². The number of anilines is 3. The minimum absolute atomic E-state index is 0.0458. The van der Waals surface area contributed by atoms with Gasteiger partial charge in [0, 0.05) is 16.9 Å². The number of rotatable bonds is 8. The maximum Gasteiger partial charge on any atom is 0.416 e. The Bertz CT molecular complexity index is 1870. The van der Waals surface area contributed by atoms with E-state index in [1.54, 1.807) is 26.0 Å². The zero-order valence-corrected chi connectivity index (χ0v) is 24.2. The average Bonchev–Trinajstić information content (AvgIpc) is 2.90. The van der Waals surface area contributed by atoms with Crippen molar-refractivity contribution in [1.82, 2.24) is 0 Å². The van der Waals surface area contributed by atoms with Crippen molar-refractivity contribution in [2.24, 2.45) is 0 Å². The zero-order valence-electron chi connectivity index (χ0n) is 22.6. The summed E-state index contributed by atoms with van der Waals surface area (Å²) in [7, 11) is -8.27. The summed E-state index contributed by atoms with van der Waals surface area (Å²) in [5, 5.41) is 2.58. The first-order valence-electron chi connectivity index (χ1n) is 12.4. The largest absolute Gasteiger partial charge is 0.416 e. The Morgan fingerprint density at radius 2 is 1.38 bits per heavy atom. The smallest absolute Gasteiger partial charge is 0.322 e. The quantitative estimate of drug-likeness (QED) is 0.209. The molecule has 0 fully saturated rings. The Labute approximate surface area is 241 Å². The average molecular weight is 618 g/mol. The third kappa shape index (κ3) is 7.09. The molecule has 0 aliphatic heterocycles. The first-order chi connectivity index (χ1) is 19.5. The number of halogens is 3. The van der Waals surface area contributed by atoms with Gasteiger partial charge in [0.1, 0.15) is 0 Å². The molecule has 0 saturated carbocycles. The topological polar surface area (TPSA) is 121 Å². The highest BCUT2D eigenvalue weighted by Crippen LogP contribution is 2.31. The summed E-state index contributed by atoms with van der Waals surface area (Å²) in [5.74, 6) is -0.643. The van der Waals surface area contributed by atoms with Gasteiger partial charge >= 0.3 is 6.18 Å². The van der Waals surface area contributed by atoms with Crippen LogP contribution in [0.2, 0.25) is 0 Å². The molecule has 8 nitrogen and oxygen atoms in total. The van der Waals surface area contributed by atoms with Crippen LogP contribution in [0, 0.1) is 20.8 Å². The fraction of sp³-hybridized carbons (Fsp3) is 0.138. The summed E-state index contributed by atoms with van der Waals surface area (Å²) in [6.07, 6.45) is -4.64. The molecule has 0 aromatic heterocycles. The number of nitrogens with one attached hydrogen (secondary N) is 3. The molecule has 13 heteroatoms. The van der Waals surface area contributed by atoms with Gasteiger partial charge in [-0.25, -0.2) is 16.8 Å². The Balaban J connectivity index is 1.50. The van der Waals surface area contributed by atoms with E-state index in [1.165, 1.54) is 48.5 Å². The first-order valence-corrected chi connectivity index (χ1v) is 15.3. The van der Waals surface area contributed by atoms with Gasteiger partial charge in [0.15, 0.2) is 0 Å². The molecule has 1 amide bonds. The standard InChI is InChI=1S/C29H26F3N3O5S2/c1-18-7-14-26(20(3)15-18)35-42(39,40)27-16-21(9-8-19(27)2)28(36)33-23-10-12-25(13-11-23)41(37,38)34-24-6-4-5-22(17-24)29(30,31)32/h4-17,34-35H,1-3H3,(H,33,36). The molecule has 0 heterocycles. The van der Waals surface area contributed by atoms with Crippen LogP contribution < -0.4 is 14.8 Å². The van der Waals surface area contributed by atoms with Gasteiger partial charge in [-0.3, -0.25) is 14.2 Å². The van der Waals surface area contributed by atoms with Gasteiger partial charge in [-0.15, -0.1) is 0 Å². The van der Waals surface area contributed by atoms with Crippen LogP contribution in [0.3, 0.4) is 0 Å². The van der Waals surface area contributed by atoms with Gasteiger partial charge in [0.2, 0.25) is 0 Å². The van der Waals surface area contributed by atoms with Gasteiger partial charge in [-0.1, -0.05) is 29.8 Å². The number of benzene rings is 4. The lowest BCUT2D eigenvalue weighted by molar-refractivity contribution is -0.137. The number of aryl methyl sites for hydroxylation is 3. The molecule has 0 aliphatic rings. The van der Waals surface area contributed by atoms with Gasteiger partial charge in [-0.05, 0) is 92.6 Å². The number of hydrogen-bond donors (Lipinski definition) is 3. The first kappa shape index (κ1) is 30.6. The molecule has 0 atom stereocenters. The molecule has 0 saturated heterocycles. The number of amides is 1. The predicted octanol–water partition coefficient (Wildman–Crippen LogP) is 6.48. The van der Waals surface area contributed by atoms with Crippen molar-refractivity contribution in [2.75, 3.05) is 14.8 Å². The number of alkyl halides is 3. The fourth-order valence-electron chi connectivity index (χ4n) is 4.05. The predicted molar refractivity (Wildman–Crippen MR) is 155 cm³/mol. The Morgan fingerprint density at radius 1 is 0.690 bits per heavy atom. The van der Waals surface area contributed by atoms with Crippen molar-refractivity contribution in [1.29, 1.82) is 0 Å². The second-order valence-electron chi connectivity index (χ2n) is 9.57. The van der Waals surface area contributed by atoms with Crippen molar-refractivity contribution in [2.45, 2.75) is 36.7 Å². The highest BCUT2D eigenvalue weighted by molar-refractivity contribution is 7.93. The zero-order chi connectivity index (χ0) is 30.9. The summed E-state index contributed by atoms with van der Waals surface area (Å²) < 4.78 is 95.3. The lowest BCUT2D eigenvalue weighted by atomic mass is 10.1. The SMILES string of the molecule is Cc1ccc(NS(=O)(=O)c2cc(C(=O)Nc3ccc(S(=O)(=O)Nc4cccc(C(F)(F)F)c4)cc3)ccc2C)c(C)c1. The highest BCUT2D eigenvalue weighted by atomic mass is 32.2. The van der Waals surface area contributed by atoms with Crippen LogP contribution >= 0.6 is 0 Å². The van der Waals surface area contributed by atoms with Crippen LogP contribution in [0.5, 0.6) is 0 Å². The molecule has 0 spiro atoms.